The molecule has 0 unspecified atom stereocenters. The molecule has 0 rings (SSSR count). The summed E-state index contributed by atoms with van der Waals surface area (Å²) in [6, 6.07) is 0. The van der Waals surface area contributed by atoms with E-state index in [1.807, 2.05) is 19.9 Å². The van der Waals surface area contributed by atoms with Gasteiger partial charge in [-0.15, -0.1) is 0 Å². The maximum atomic E-state index is 5.54. The van der Waals surface area contributed by atoms with E-state index >= 15 is 0 Å². The van der Waals surface area contributed by atoms with Gasteiger partial charge < -0.3 is 18.2 Å². The van der Waals surface area contributed by atoms with Crippen LogP contribution in [0.25, 0.3) is 0 Å². The van der Waals surface area contributed by atoms with Crippen LogP contribution in [0.3, 0.4) is 0 Å². The van der Waals surface area contributed by atoms with Gasteiger partial charge in [0.25, 0.3) is 0 Å². The van der Waals surface area contributed by atoms with Crippen molar-refractivity contribution in [3.8, 4) is 0 Å². The summed E-state index contributed by atoms with van der Waals surface area (Å²) in [4.78, 5) is 2.21. The predicted molar refractivity (Wildman–Crippen MR) is 68.4 cm³/mol. The summed E-state index contributed by atoms with van der Waals surface area (Å²) in [7, 11) is -1.88. The molecule has 0 heterocycles. The molecule has 0 aromatic carbocycles. The summed E-state index contributed by atoms with van der Waals surface area (Å²) in [5.74, 6) is 0. The van der Waals surface area contributed by atoms with Crippen LogP contribution in [0.15, 0.2) is 12.3 Å². The van der Waals surface area contributed by atoms with Gasteiger partial charge in [0.05, 0.1) is 6.61 Å². The first-order valence-corrected chi connectivity index (χ1v) is 7.45. The zero-order valence-electron chi connectivity index (χ0n) is 10.9. The highest BCUT2D eigenvalue weighted by molar-refractivity contribution is 6.36. The zero-order valence-corrected chi connectivity index (χ0v) is 12.1. The van der Waals surface area contributed by atoms with E-state index in [0.29, 0.717) is 19.8 Å². The lowest BCUT2D eigenvalue weighted by Gasteiger charge is -2.16. The van der Waals surface area contributed by atoms with Crippen molar-refractivity contribution in [1.82, 2.24) is 4.90 Å². The van der Waals surface area contributed by atoms with Crippen molar-refractivity contribution in [2.75, 3.05) is 32.9 Å². The van der Waals surface area contributed by atoms with E-state index in [1.54, 1.807) is 0 Å². The summed E-state index contributed by atoms with van der Waals surface area (Å²) in [5, 5.41) is 0. The van der Waals surface area contributed by atoms with Gasteiger partial charge in [-0.1, -0.05) is 0 Å². The summed E-state index contributed by atoms with van der Waals surface area (Å²) < 4.78 is 16.3. The fraction of sp³-hybridized carbons (Fsp3) is 0.818. The Morgan fingerprint density at radius 3 is 1.94 bits per heavy atom. The molecule has 0 spiro atoms. The van der Waals surface area contributed by atoms with Gasteiger partial charge in [0.15, 0.2) is 0 Å². The fourth-order valence-corrected chi connectivity index (χ4v) is 2.28. The molecule has 0 aromatic heterocycles. The lowest BCUT2D eigenvalue weighted by molar-refractivity contribution is 0.112. The molecule has 0 saturated carbocycles. The first-order valence-electron chi connectivity index (χ1n) is 6.03. The van der Waals surface area contributed by atoms with Gasteiger partial charge in [0.1, 0.15) is 0 Å². The van der Waals surface area contributed by atoms with Crippen LogP contribution in [-0.4, -0.2) is 47.3 Å². The van der Waals surface area contributed by atoms with E-state index in [4.69, 9.17) is 13.3 Å². The summed E-state index contributed by atoms with van der Waals surface area (Å²) in [6.45, 7) is 12.1. The van der Waals surface area contributed by atoms with E-state index in [9.17, 15) is 0 Å². The third-order valence-electron chi connectivity index (χ3n) is 2.06. The molecule has 4 nitrogen and oxygen atoms in total. The van der Waals surface area contributed by atoms with Crippen LogP contribution in [0.5, 0.6) is 0 Å². The van der Waals surface area contributed by atoms with Gasteiger partial charge >= 0.3 is 9.53 Å². The predicted octanol–water partition coefficient (Wildman–Crippen LogP) is 1.65. The van der Waals surface area contributed by atoms with Crippen molar-refractivity contribution in [3.05, 3.63) is 12.3 Å². The quantitative estimate of drug-likeness (QED) is 0.549. The Morgan fingerprint density at radius 1 is 0.938 bits per heavy atom. The Labute approximate surface area is 101 Å². The highest BCUT2D eigenvalue weighted by Crippen LogP contribution is 1.94. The molecule has 5 heteroatoms. The lowest BCUT2D eigenvalue weighted by atomic mass is 10.5. The first kappa shape index (κ1) is 15.6. The van der Waals surface area contributed by atoms with Crippen LogP contribution in [0.1, 0.15) is 27.7 Å². The number of hydrogen-bond donors (Lipinski definition) is 0. The Morgan fingerprint density at radius 2 is 1.50 bits per heavy atom. The molecule has 0 bridgehead atoms. The first-order chi connectivity index (χ1) is 7.78. The molecule has 0 amide bonds. The van der Waals surface area contributed by atoms with Crippen molar-refractivity contribution < 1.29 is 13.3 Å². The van der Waals surface area contributed by atoms with Crippen molar-refractivity contribution >= 4 is 9.53 Å². The highest BCUT2D eigenvalue weighted by atomic mass is 28.3. The minimum absolute atomic E-state index is 0.563. The molecular weight excluding hydrogens is 222 g/mol. The van der Waals surface area contributed by atoms with E-state index in [0.717, 1.165) is 13.1 Å². The smallest absolute Gasteiger partial charge is 0.378 e. The van der Waals surface area contributed by atoms with E-state index in [1.165, 1.54) is 0 Å². The number of nitrogens with zero attached hydrogens (tertiary/aromatic N) is 1. The molecule has 0 aromatic rings. The molecule has 0 aliphatic heterocycles. The lowest BCUT2D eigenvalue weighted by Crippen LogP contribution is -2.27. The van der Waals surface area contributed by atoms with Gasteiger partial charge in [-0.05, 0) is 40.0 Å². The van der Waals surface area contributed by atoms with Crippen LogP contribution < -0.4 is 0 Å². The molecular formula is C11H25NO3Si. The maximum Gasteiger partial charge on any atom is 0.484 e. The third-order valence-corrected chi connectivity index (χ3v) is 3.74. The summed E-state index contributed by atoms with van der Waals surface area (Å²) >= 11 is 0. The van der Waals surface area contributed by atoms with Crippen molar-refractivity contribution in [2.24, 2.45) is 0 Å². The summed E-state index contributed by atoms with van der Waals surface area (Å²) in [6.07, 6.45) is 4.06. The second-order valence-corrected chi connectivity index (χ2v) is 4.72. The SMILES string of the molecule is CCO[SiH](OCC)OCC=CN(CC)CC. The van der Waals surface area contributed by atoms with Gasteiger partial charge in [0, 0.05) is 26.3 Å². The van der Waals surface area contributed by atoms with Gasteiger partial charge in [-0.2, -0.15) is 0 Å². The van der Waals surface area contributed by atoms with Crippen LogP contribution >= 0.6 is 0 Å². The van der Waals surface area contributed by atoms with Crippen LogP contribution in [-0.2, 0) is 13.3 Å². The molecule has 0 N–H and O–H groups in total. The molecule has 0 fully saturated rings. The topological polar surface area (TPSA) is 30.9 Å². The largest absolute Gasteiger partial charge is 0.484 e. The molecule has 0 aliphatic carbocycles. The number of rotatable bonds is 10. The molecule has 16 heavy (non-hydrogen) atoms. The zero-order chi connectivity index (χ0) is 12.2. The monoisotopic (exact) mass is 247 g/mol. The molecule has 0 radical (unpaired) electrons. The minimum Gasteiger partial charge on any atom is -0.378 e. The van der Waals surface area contributed by atoms with Crippen molar-refractivity contribution in [1.29, 1.82) is 0 Å². The maximum absolute atomic E-state index is 5.54. The highest BCUT2D eigenvalue weighted by Gasteiger charge is 2.12. The van der Waals surface area contributed by atoms with E-state index < -0.39 is 9.53 Å². The Kier molecular flexibility index (Phi) is 10.9. The number of hydrogen-bond acceptors (Lipinski definition) is 4. The Balaban J connectivity index is 3.74. The Bertz CT molecular complexity index is 169. The third kappa shape index (κ3) is 7.87. The molecule has 0 aliphatic rings. The van der Waals surface area contributed by atoms with Gasteiger partial charge in [0.2, 0.25) is 0 Å². The average Bonchev–Trinajstić information content (AvgIpc) is 2.30. The van der Waals surface area contributed by atoms with Crippen molar-refractivity contribution in [3.63, 3.8) is 0 Å². The standard InChI is InChI=1S/C11H25NO3Si/c1-5-12(6-2)10-9-11-15-16(13-7-3)14-8-4/h9-10,16H,5-8,11H2,1-4H3. The second-order valence-electron chi connectivity index (χ2n) is 3.14. The van der Waals surface area contributed by atoms with Gasteiger partial charge in [-0.3, -0.25) is 0 Å². The second kappa shape index (κ2) is 11.1. The normalized spacial score (nSPS) is 11.6. The van der Waals surface area contributed by atoms with Crippen LogP contribution in [0, 0.1) is 0 Å². The van der Waals surface area contributed by atoms with Gasteiger partial charge in [-0.25, -0.2) is 0 Å². The van der Waals surface area contributed by atoms with Crippen LogP contribution in [0.4, 0.5) is 0 Å². The van der Waals surface area contributed by atoms with Crippen molar-refractivity contribution in [2.45, 2.75) is 27.7 Å². The molecule has 0 saturated heterocycles. The fourth-order valence-electron chi connectivity index (χ4n) is 1.18. The average molecular weight is 247 g/mol. The summed E-state index contributed by atoms with van der Waals surface area (Å²) in [5.41, 5.74) is 0. The molecule has 0 atom stereocenters. The minimum atomic E-state index is -1.88. The van der Waals surface area contributed by atoms with E-state index in [-0.39, 0.29) is 0 Å². The van der Waals surface area contributed by atoms with Crippen LogP contribution in [0.2, 0.25) is 0 Å². The molecule has 96 valence electrons. The Hall–Kier alpha value is -0.363. The van der Waals surface area contributed by atoms with E-state index in [2.05, 4.69) is 24.9 Å².